The number of aliphatic carboxylic acids is 1. The molecule has 1 rings (SSSR count). The molecule has 0 saturated carbocycles. The first-order chi connectivity index (χ1) is 7.63. The molecule has 1 heterocycles. The number of anilines is 1. The summed E-state index contributed by atoms with van der Waals surface area (Å²) >= 11 is 0. The summed E-state index contributed by atoms with van der Waals surface area (Å²) in [6, 6.07) is 1.66. The number of ether oxygens (including phenoxy) is 1. The van der Waals surface area contributed by atoms with Gasteiger partial charge in [0.05, 0.1) is 7.11 Å². The summed E-state index contributed by atoms with van der Waals surface area (Å²) in [6.07, 6.45) is 2.32. The topological polar surface area (TPSA) is 75.5 Å². The van der Waals surface area contributed by atoms with Crippen LogP contribution in [0.4, 0.5) is 5.95 Å². The highest BCUT2D eigenvalue weighted by Gasteiger charge is 2.06. The highest BCUT2D eigenvalue weighted by molar-refractivity contribution is 5.66. The molecule has 0 atom stereocenters. The van der Waals surface area contributed by atoms with Crippen LogP contribution in [-0.2, 0) is 4.79 Å². The Hall–Kier alpha value is -1.85. The molecule has 6 heteroatoms. The van der Waals surface area contributed by atoms with E-state index in [1.807, 2.05) is 7.05 Å². The Kier molecular flexibility index (Phi) is 4.50. The van der Waals surface area contributed by atoms with Crippen LogP contribution in [0.1, 0.15) is 12.8 Å². The molecule has 0 aliphatic carbocycles. The van der Waals surface area contributed by atoms with Gasteiger partial charge in [-0.2, -0.15) is 4.98 Å². The van der Waals surface area contributed by atoms with Gasteiger partial charge in [-0.25, -0.2) is 4.98 Å². The largest absolute Gasteiger partial charge is 0.481 e. The number of hydrogen-bond donors (Lipinski definition) is 1. The molecule has 88 valence electrons. The maximum absolute atomic E-state index is 10.3. The summed E-state index contributed by atoms with van der Waals surface area (Å²) in [5.41, 5.74) is 0. The molecule has 0 saturated heterocycles. The lowest BCUT2D eigenvalue weighted by atomic mass is 10.3. The summed E-state index contributed by atoms with van der Waals surface area (Å²) in [5, 5.41) is 8.51. The molecular formula is C10H15N3O3. The van der Waals surface area contributed by atoms with E-state index in [9.17, 15) is 4.79 Å². The predicted octanol–water partition coefficient (Wildman–Crippen LogP) is 0.786. The van der Waals surface area contributed by atoms with Crippen LogP contribution in [-0.4, -0.2) is 41.7 Å². The van der Waals surface area contributed by atoms with Crippen molar-refractivity contribution in [2.24, 2.45) is 0 Å². The second-order valence-electron chi connectivity index (χ2n) is 3.32. The lowest BCUT2D eigenvalue weighted by Gasteiger charge is -2.16. The van der Waals surface area contributed by atoms with Crippen LogP contribution in [0.15, 0.2) is 12.3 Å². The standard InChI is InChI=1S/C10H15N3O3/c1-13(7-3-4-9(14)15)10-11-6-5-8(12-10)16-2/h5-6H,3-4,7H2,1-2H3,(H,14,15). The maximum Gasteiger partial charge on any atom is 0.303 e. The Morgan fingerprint density at radius 3 is 3.00 bits per heavy atom. The average molecular weight is 225 g/mol. The van der Waals surface area contributed by atoms with Gasteiger partial charge in [-0.3, -0.25) is 4.79 Å². The van der Waals surface area contributed by atoms with E-state index in [0.717, 1.165) is 0 Å². The second-order valence-corrected chi connectivity index (χ2v) is 3.32. The molecule has 0 spiro atoms. The average Bonchev–Trinajstić information content (AvgIpc) is 2.28. The molecule has 1 aromatic heterocycles. The van der Waals surface area contributed by atoms with Crippen LogP contribution in [0.5, 0.6) is 5.88 Å². The molecule has 1 aromatic rings. The number of methoxy groups -OCH3 is 1. The van der Waals surface area contributed by atoms with Gasteiger partial charge < -0.3 is 14.7 Å². The zero-order valence-electron chi connectivity index (χ0n) is 9.38. The minimum absolute atomic E-state index is 0.147. The van der Waals surface area contributed by atoms with Gasteiger partial charge in [0.15, 0.2) is 0 Å². The minimum Gasteiger partial charge on any atom is -0.481 e. The van der Waals surface area contributed by atoms with E-state index in [0.29, 0.717) is 24.8 Å². The molecule has 0 aliphatic heterocycles. The first-order valence-corrected chi connectivity index (χ1v) is 4.93. The van der Waals surface area contributed by atoms with Crippen LogP contribution in [0, 0.1) is 0 Å². The Morgan fingerprint density at radius 1 is 1.62 bits per heavy atom. The molecule has 6 nitrogen and oxygen atoms in total. The van der Waals surface area contributed by atoms with Gasteiger partial charge in [-0.05, 0) is 6.42 Å². The molecule has 0 unspecified atom stereocenters. The van der Waals surface area contributed by atoms with E-state index in [-0.39, 0.29) is 6.42 Å². The van der Waals surface area contributed by atoms with Gasteiger partial charge in [-0.15, -0.1) is 0 Å². The highest BCUT2D eigenvalue weighted by atomic mass is 16.5. The summed E-state index contributed by atoms with van der Waals surface area (Å²) in [7, 11) is 3.35. The monoisotopic (exact) mass is 225 g/mol. The van der Waals surface area contributed by atoms with Crippen LogP contribution < -0.4 is 9.64 Å². The van der Waals surface area contributed by atoms with Gasteiger partial charge in [0.25, 0.3) is 0 Å². The van der Waals surface area contributed by atoms with Crippen molar-refractivity contribution in [3.05, 3.63) is 12.3 Å². The lowest BCUT2D eigenvalue weighted by molar-refractivity contribution is -0.137. The molecule has 0 bridgehead atoms. The minimum atomic E-state index is -0.792. The van der Waals surface area contributed by atoms with E-state index >= 15 is 0 Å². The molecule has 0 amide bonds. The number of rotatable bonds is 6. The normalized spacial score (nSPS) is 9.88. The number of aromatic nitrogens is 2. The fourth-order valence-corrected chi connectivity index (χ4v) is 1.20. The zero-order chi connectivity index (χ0) is 12.0. The maximum atomic E-state index is 10.3. The summed E-state index contributed by atoms with van der Waals surface area (Å²) in [6.45, 7) is 0.597. The molecule has 16 heavy (non-hydrogen) atoms. The summed E-state index contributed by atoms with van der Waals surface area (Å²) in [5.74, 6) is 0.236. The molecule has 0 aliphatic rings. The van der Waals surface area contributed by atoms with Gasteiger partial charge in [0.1, 0.15) is 0 Å². The molecule has 1 N–H and O–H groups in total. The predicted molar refractivity (Wildman–Crippen MR) is 58.7 cm³/mol. The second kappa shape index (κ2) is 5.89. The lowest BCUT2D eigenvalue weighted by Crippen LogP contribution is -2.21. The van der Waals surface area contributed by atoms with E-state index in [2.05, 4.69) is 9.97 Å². The molecule has 0 radical (unpaired) electrons. The van der Waals surface area contributed by atoms with Gasteiger partial charge in [-0.1, -0.05) is 0 Å². The Bertz CT molecular complexity index is 357. The van der Waals surface area contributed by atoms with Crippen molar-refractivity contribution in [1.29, 1.82) is 0 Å². The number of nitrogens with zero attached hydrogens (tertiary/aromatic N) is 3. The quantitative estimate of drug-likeness (QED) is 0.771. The van der Waals surface area contributed by atoms with Crippen molar-refractivity contribution in [2.45, 2.75) is 12.8 Å². The first kappa shape index (κ1) is 12.2. The van der Waals surface area contributed by atoms with Crippen molar-refractivity contribution in [3.8, 4) is 5.88 Å². The molecule has 0 fully saturated rings. The highest BCUT2D eigenvalue weighted by Crippen LogP contribution is 2.11. The fourth-order valence-electron chi connectivity index (χ4n) is 1.20. The first-order valence-electron chi connectivity index (χ1n) is 4.93. The van der Waals surface area contributed by atoms with Gasteiger partial charge in [0, 0.05) is 32.3 Å². The van der Waals surface area contributed by atoms with E-state index in [4.69, 9.17) is 9.84 Å². The van der Waals surface area contributed by atoms with Crippen LogP contribution in [0.2, 0.25) is 0 Å². The third kappa shape index (κ3) is 3.72. The third-order valence-corrected chi connectivity index (χ3v) is 2.05. The summed E-state index contributed by atoms with van der Waals surface area (Å²) in [4.78, 5) is 20.4. The van der Waals surface area contributed by atoms with Crippen molar-refractivity contribution in [2.75, 3.05) is 25.6 Å². The number of carboxylic acids is 1. The van der Waals surface area contributed by atoms with Gasteiger partial charge >= 0.3 is 5.97 Å². The van der Waals surface area contributed by atoms with E-state index in [1.165, 1.54) is 7.11 Å². The fraction of sp³-hybridized carbons (Fsp3) is 0.500. The van der Waals surface area contributed by atoms with Crippen LogP contribution in [0.3, 0.4) is 0 Å². The van der Waals surface area contributed by atoms with E-state index in [1.54, 1.807) is 17.2 Å². The Balaban J connectivity index is 2.51. The number of hydrogen-bond acceptors (Lipinski definition) is 5. The van der Waals surface area contributed by atoms with Crippen molar-refractivity contribution in [3.63, 3.8) is 0 Å². The van der Waals surface area contributed by atoms with Crippen molar-refractivity contribution in [1.82, 2.24) is 9.97 Å². The zero-order valence-corrected chi connectivity index (χ0v) is 9.38. The number of carboxylic acid groups (broad SMARTS) is 1. The Labute approximate surface area is 93.9 Å². The Morgan fingerprint density at radius 2 is 2.38 bits per heavy atom. The number of carbonyl (C=O) groups is 1. The van der Waals surface area contributed by atoms with Crippen molar-refractivity contribution < 1.29 is 14.6 Å². The SMILES string of the molecule is COc1ccnc(N(C)CCCC(=O)O)n1. The van der Waals surface area contributed by atoms with Crippen molar-refractivity contribution >= 4 is 11.9 Å². The summed E-state index contributed by atoms with van der Waals surface area (Å²) < 4.78 is 4.98. The van der Waals surface area contributed by atoms with Gasteiger partial charge in [0.2, 0.25) is 11.8 Å². The smallest absolute Gasteiger partial charge is 0.303 e. The molecule has 0 aromatic carbocycles. The van der Waals surface area contributed by atoms with Crippen LogP contribution >= 0.6 is 0 Å². The van der Waals surface area contributed by atoms with Crippen LogP contribution in [0.25, 0.3) is 0 Å². The van der Waals surface area contributed by atoms with E-state index < -0.39 is 5.97 Å². The molecular weight excluding hydrogens is 210 g/mol. The third-order valence-electron chi connectivity index (χ3n) is 2.05.